The van der Waals surface area contributed by atoms with Crippen LogP contribution in [0.4, 0.5) is 5.82 Å². The first-order valence-corrected chi connectivity index (χ1v) is 8.53. The molecule has 0 atom stereocenters. The largest absolute Gasteiger partial charge is 0.356 e. The van der Waals surface area contributed by atoms with Crippen LogP contribution in [0.3, 0.4) is 0 Å². The van der Waals surface area contributed by atoms with Crippen LogP contribution in [0.15, 0.2) is 18.6 Å². The Morgan fingerprint density at radius 1 is 1.17 bits per heavy atom. The Morgan fingerprint density at radius 3 is 2.61 bits per heavy atom. The number of nitrogens with one attached hydrogen (secondary N) is 1. The van der Waals surface area contributed by atoms with Crippen molar-refractivity contribution in [3.8, 4) is 0 Å². The van der Waals surface area contributed by atoms with Gasteiger partial charge in [0, 0.05) is 48.4 Å². The van der Waals surface area contributed by atoms with Crippen molar-refractivity contribution in [2.75, 3.05) is 18.0 Å². The SMILES string of the molecule is Cc1cn[nH]c1C1CCN(c2cc(C3CC(N)C3)ncn2)CC1. The predicted molar refractivity (Wildman–Crippen MR) is 89.5 cm³/mol. The summed E-state index contributed by atoms with van der Waals surface area (Å²) in [7, 11) is 0. The Balaban J connectivity index is 1.42. The molecule has 0 radical (unpaired) electrons. The van der Waals surface area contributed by atoms with Crippen molar-refractivity contribution in [3.63, 3.8) is 0 Å². The molecular weight excluding hydrogens is 288 g/mol. The van der Waals surface area contributed by atoms with Gasteiger partial charge in [0.1, 0.15) is 12.1 Å². The van der Waals surface area contributed by atoms with Crippen LogP contribution in [-0.4, -0.2) is 39.3 Å². The summed E-state index contributed by atoms with van der Waals surface area (Å²) in [5, 5.41) is 7.32. The number of aromatic nitrogens is 4. The quantitative estimate of drug-likeness (QED) is 0.906. The van der Waals surface area contributed by atoms with Crippen molar-refractivity contribution in [2.24, 2.45) is 5.73 Å². The molecule has 2 fully saturated rings. The Labute approximate surface area is 136 Å². The molecule has 1 aliphatic carbocycles. The van der Waals surface area contributed by atoms with Gasteiger partial charge < -0.3 is 10.6 Å². The van der Waals surface area contributed by atoms with Crippen LogP contribution in [0.1, 0.15) is 54.5 Å². The predicted octanol–water partition coefficient (Wildman–Crippen LogP) is 2.10. The molecule has 1 aliphatic heterocycles. The highest BCUT2D eigenvalue weighted by Gasteiger charge is 2.29. The van der Waals surface area contributed by atoms with E-state index in [9.17, 15) is 0 Å². The summed E-state index contributed by atoms with van der Waals surface area (Å²) in [6.45, 7) is 4.19. The number of H-pyrrole nitrogens is 1. The van der Waals surface area contributed by atoms with E-state index in [4.69, 9.17) is 5.73 Å². The van der Waals surface area contributed by atoms with E-state index in [0.717, 1.165) is 50.3 Å². The van der Waals surface area contributed by atoms with Crippen LogP contribution >= 0.6 is 0 Å². The fourth-order valence-electron chi connectivity index (χ4n) is 3.83. The number of hydrogen-bond donors (Lipinski definition) is 2. The molecule has 1 saturated heterocycles. The molecule has 0 bridgehead atoms. The normalized spacial score (nSPS) is 25.4. The zero-order valence-corrected chi connectivity index (χ0v) is 13.6. The van der Waals surface area contributed by atoms with Gasteiger partial charge in [-0.2, -0.15) is 5.10 Å². The molecule has 0 spiro atoms. The summed E-state index contributed by atoms with van der Waals surface area (Å²) in [6, 6.07) is 2.52. The highest BCUT2D eigenvalue weighted by molar-refractivity contribution is 5.41. The lowest BCUT2D eigenvalue weighted by Gasteiger charge is -2.34. The van der Waals surface area contributed by atoms with Crippen LogP contribution in [0.5, 0.6) is 0 Å². The van der Waals surface area contributed by atoms with E-state index in [1.807, 2.05) is 6.20 Å². The number of aryl methyl sites for hydroxylation is 1. The van der Waals surface area contributed by atoms with E-state index in [1.54, 1.807) is 6.33 Å². The second kappa shape index (κ2) is 5.92. The van der Waals surface area contributed by atoms with Gasteiger partial charge in [-0.1, -0.05) is 0 Å². The second-order valence-electron chi connectivity index (χ2n) is 6.96. The van der Waals surface area contributed by atoms with Crippen LogP contribution in [0, 0.1) is 6.92 Å². The number of nitrogens with two attached hydrogens (primary N) is 1. The third kappa shape index (κ3) is 2.83. The molecule has 0 unspecified atom stereocenters. The number of nitrogens with zero attached hydrogens (tertiary/aromatic N) is 4. The molecule has 6 heteroatoms. The van der Waals surface area contributed by atoms with E-state index >= 15 is 0 Å². The zero-order valence-electron chi connectivity index (χ0n) is 13.6. The molecule has 1 saturated carbocycles. The van der Waals surface area contributed by atoms with Crippen molar-refractivity contribution in [1.29, 1.82) is 0 Å². The first kappa shape index (κ1) is 14.6. The van der Waals surface area contributed by atoms with E-state index in [-0.39, 0.29) is 0 Å². The van der Waals surface area contributed by atoms with E-state index in [0.29, 0.717) is 17.9 Å². The third-order valence-electron chi connectivity index (χ3n) is 5.36. The van der Waals surface area contributed by atoms with Gasteiger partial charge in [0.25, 0.3) is 0 Å². The number of aromatic amines is 1. The van der Waals surface area contributed by atoms with E-state index in [2.05, 4.69) is 38.1 Å². The molecule has 122 valence electrons. The average molecular weight is 312 g/mol. The van der Waals surface area contributed by atoms with Gasteiger partial charge in [-0.05, 0) is 38.2 Å². The highest BCUT2D eigenvalue weighted by Crippen LogP contribution is 2.36. The lowest BCUT2D eigenvalue weighted by atomic mass is 9.78. The first-order chi connectivity index (χ1) is 11.2. The Kier molecular flexibility index (Phi) is 3.77. The van der Waals surface area contributed by atoms with E-state index in [1.165, 1.54) is 11.3 Å². The maximum atomic E-state index is 5.90. The summed E-state index contributed by atoms with van der Waals surface area (Å²) >= 11 is 0. The molecule has 3 N–H and O–H groups in total. The minimum absolute atomic E-state index is 0.354. The zero-order chi connectivity index (χ0) is 15.8. The summed E-state index contributed by atoms with van der Waals surface area (Å²) in [6.07, 6.45) is 8.00. The second-order valence-corrected chi connectivity index (χ2v) is 6.96. The maximum Gasteiger partial charge on any atom is 0.132 e. The molecule has 3 heterocycles. The number of hydrogen-bond acceptors (Lipinski definition) is 5. The maximum absolute atomic E-state index is 5.90. The average Bonchev–Trinajstić information content (AvgIpc) is 2.98. The topological polar surface area (TPSA) is 83.7 Å². The minimum Gasteiger partial charge on any atom is -0.356 e. The Hall–Kier alpha value is -1.95. The minimum atomic E-state index is 0.354. The van der Waals surface area contributed by atoms with Crippen LogP contribution in [0.2, 0.25) is 0 Å². The van der Waals surface area contributed by atoms with Crippen molar-refractivity contribution >= 4 is 5.82 Å². The fourth-order valence-corrected chi connectivity index (χ4v) is 3.83. The fraction of sp³-hybridized carbons (Fsp3) is 0.588. The van der Waals surface area contributed by atoms with Crippen molar-refractivity contribution in [2.45, 2.75) is 50.5 Å². The molecule has 6 nitrogen and oxygen atoms in total. The van der Waals surface area contributed by atoms with Gasteiger partial charge >= 0.3 is 0 Å². The van der Waals surface area contributed by atoms with Crippen molar-refractivity contribution < 1.29 is 0 Å². The third-order valence-corrected chi connectivity index (χ3v) is 5.36. The van der Waals surface area contributed by atoms with Crippen LogP contribution < -0.4 is 10.6 Å². The molecular formula is C17H24N6. The number of anilines is 1. The van der Waals surface area contributed by atoms with Crippen molar-refractivity contribution in [1.82, 2.24) is 20.2 Å². The summed E-state index contributed by atoms with van der Waals surface area (Å²) < 4.78 is 0. The first-order valence-electron chi connectivity index (χ1n) is 8.53. The Bertz CT molecular complexity index is 667. The summed E-state index contributed by atoms with van der Waals surface area (Å²) in [4.78, 5) is 11.3. The molecule has 2 aromatic rings. The lowest BCUT2D eigenvalue weighted by molar-refractivity contribution is 0.345. The highest BCUT2D eigenvalue weighted by atomic mass is 15.2. The van der Waals surface area contributed by atoms with E-state index < -0.39 is 0 Å². The van der Waals surface area contributed by atoms with Gasteiger partial charge in [0.15, 0.2) is 0 Å². The van der Waals surface area contributed by atoms with Gasteiger partial charge in [-0.3, -0.25) is 5.10 Å². The van der Waals surface area contributed by atoms with Gasteiger partial charge in [0.05, 0.1) is 6.20 Å². The molecule has 2 aliphatic rings. The lowest BCUT2D eigenvalue weighted by Crippen LogP contribution is -2.36. The molecule has 23 heavy (non-hydrogen) atoms. The summed E-state index contributed by atoms with van der Waals surface area (Å²) in [5.41, 5.74) is 9.63. The molecule has 0 aromatic carbocycles. The molecule has 2 aromatic heterocycles. The standard InChI is InChI=1S/C17H24N6/c1-11-9-21-22-17(11)12-2-4-23(5-3-12)16-8-15(19-10-20-16)13-6-14(18)7-13/h8-10,12-14H,2-7,18H2,1H3,(H,21,22). The van der Waals surface area contributed by atoms with Crippen molar-refractivity contribution in [3.05, 3.63) is 35.5 Å². The summed E-state index contributed by atoms with van der Waals surface area (Å²) in [5.74, 6) is 2.17. The van der Waals surface area contributed by atoms with Crippen LogP contribution in [-0.2, 0) is 0 Å². The smallest absolute Gasteiger partial charge is 0.132 e. The van der Waals surface area contributed by atoms with Gasteiger partial charge in [-0.25, -0.2) is 9.97 Å². The number of rotatable bonds is 3. The van der Waals surface area contributed by atoms with Crippen LogP contribution in [0.25, 0.3) is 0 Å². The Morgan fingerprint density at radius 2 is 1.96 bits per heavy atom. The molecule has 0 amide bonds. The van der Waals surface area contributed by atoms with Gasteiger partial charge in [0.2, 0.25) is 0 Å². The number of piperidine rings is 1. The molecule has 4 rings (SSSR count). The van der Waals surface area contributed by atoms with Gasteiger partial charge in [-0.15, -0.1) is 0 Å². The monoisotopic (exact) mass is 312 g/mol.